The van der Waals surface area contributed by atoms with Gasteiger partial charge in [-0.25, -0.2) is 4.39 Å². The maximum Gasteiger partial charge on any atom is 0.270 e. The van der Waals surface area contributed by atoms with Crippen LogP contribution in [0.5, 0.6) is 0 Å². The summed E-state index contributed by atoms with van der Waals surface area (Å²) in [4.78, 5) is 10.7. The van der Waals surface area contributed by atoms with Crippen LogP contribution in [0.15, 0.2) is 78.9 Å². The van der Waals surface area contributed by atoms with E-state index in [-0.39, 0.29) is 16.4 Å². The van der Waals surface area contributed by atoms with E-state index in [4.69, 9.17) is 23.2 Å². The molecule has 3 aromatic carbocycles. The van der Waals surface area contributed by atoms with Crippen molar-refractivity contribution in [3.63, 3.8) is 0 Å². The van der Waals surface area contributed by atoms with Crippen LogP contribution in [-0.4, -0.2) is 9.49 Å². The number of benzene rings is 3. The van der Waals surface area contributed by atoms with E-state index < -0.39 is 10.7 Å². The third-order valence-electron chi connectivity index (χ3n) is 4.53. The van der Waals surface area contributed by atoms with Crippen molar-refractivity contribution < 1.29 is 9.31 Å². The van der Waals surface area contributed by atoms with Gasteiger partial charge in [-0.05, 0) is 42.0 Å². The molecule has 0 amide bonds. The van der Waals surface area contributed by atoms with E-state index in [2.05, 4.69) is 0 Å². The van der Waals surface area contributed by atoms with Crippen LogP contribution in [0, 0.1) is 15.9 Å². The Morgan fingerprint density at radius 2 is 1.45 bits per heavy atom. The molecule has 0 saturated heterocycles. The largest absolute Gasteiger partial charge is 0.306 e. The third kappa shape index (κ3) is 3.62. The quantitative estimate of drug-likeness (QED) is 0.256. The molecule has 0 saturated carbocycles. The molecule has 1 heterocycles. The summed E-state index contributed by atoms with van der Waals surface area (Å²) in [5.41, 5.74) is 2.80. The molecule has 0 unspecified atom stereocenters. The first-order valence-corrected chi connectivity index (χ1v) is 9.38. The number of rotatable bonds is 4. The van der Waals surface area contributed by atoms with Crippen LogP contribution in [0.1, 0.15) is 0 Å². The maximum atomic E-state index is 15.0. The van der Waals surface area contributed by atoms with E-state index in [0.29, 0.717) is 22.0 Å². The summed E-state index contributed by atoms with van der Waals surface area (Å²) in [6, 6.07) is 21.7. The van der Waals surface area contributed by atoms with Crippen molar-refractivity contribution in [1.82, 2.24) is 4.57 Å². The zero-order valence-corrected chi connectivity index (χ0v) is 16.4. The number of non-ortho nitro benzene ring substituents is 1. The highest BCUT2D eigenvalue weighted by Crippen LogP contribution is 2.36. The predicted octanol–water partition coefficient (Wildman–Crippen LogP) is 7.17. The van der Waals surface area contributed by atoms with Gasteiger partial charge in [0.25, 0.3) is 5.69 Å². The van der Waals surface area contributed by atoms with Crippen molar-refractivity contribution in [2.45, 2.75) is 0 Å². The van der Waals surface area contributed by atoms with Crippen molar-refractivity contribution in [1.29, 1.82) is 0 Å². The summed E-state index contributed by atoms with van der Waals surface area (Å²) in [7, 11) is 0. The van der Waals surface area contributed by atoms with Crippen LogP contribution in [0.3, 0.4) is 0 Å². The van der Waals surface area contributed by atoms with Crippen molar-refractivity contribution in [2.24, 2.45) is 0 Å². The molecule has 0 spiro atoms. The summed E-state index contributed by atoms with van der Waals surface area (Å²) in [5, 5.41) is 11.7. The molecule has 144 valence electrons. The minimum atomic E-state index is -0.583. The summed E-state index contributed by atoms with van der Waals surface area (Å²) in [6.07, 6.45) is 0. The molecule has 0 radical (unpaired) electrons. The predicted molar refractivity (Wildman–Crippen MR) is 113 cm³/mol. The summed E-state index contributed by atoms with van der Waals surface area (Å²) in [6.45, 7) is 0. The van der Waals surface area contributed by atoms with Gasteiger partial charge in [-0.1, -0.05) is 53.5 Å². The lowest BCUT2D eigenvalue weighted by Crippen LogP contribution is -2.03. The molecule has 0 aliphatic rings. The first-order valence-electron chi connectivity index (χ1n) is 8.62. The Bertz CT molecular complexity index is 1240. The summed E-state index contributed by atoms with van der Waals surface area (Å²) < 4.78 is 16.6. The number of nitro groups is 1. The van der Waals surface area contributed by atoms with E-state index in [1.807, 2.05) is 12.1 Å². The average Bonchev–Trinajstić information content (AvgIpc) is 3.15. The van der Waals surface area contributed by atoms with Crippen LogP contribution >= 0.6 is 23.2 Å². The molecular formula is C22H13Cl2FN2O2. The van der Waals surface area contributed by atoms with Gasteiger partial charge >= 0.3 is 0 Å². The number of hydrogen-bond acceptors (Lipinski definition) is 2. The Hall–Kier alpha value is -3.15. The monoisotopic (exact) mass is 426 g/mol. The molecule has 0 aliphatic carbocycles. The highest BCUT2D eigenvalue weighted by molar-refractivity contribution is 6.31. The van der Waals surface area contributed by atoms with Gasteiger partial charge in [0, 0.05) is 22.7 Å². The van der Waals surface area contributed by atoms with Gasteiger partial charge in [0.15, 0.2) is 5.82 Å². The van der Waals surface area contributed by atoms with Gasteiger partial charge in [0.2, 0.25) is 0 Å². The molecule has 4 rings (SSSR count). The van der Waals surface area contributed by atoms with Crippen molar-refractivity contribution in [3.05, 3.63) is 105 Å². The van der Waals surface area contributed by atoms with Gasteiger partial charge < -0.3 is 4.57 Å². The highest BCUT2D eigenvalue weighted by Gasteiger charge is 2.19. The number of nitro benzene ring substituents is 1. The van der Waals surface area contributed by atoms with Crippen LogP contribution in [-0.2, 0) is 0 Å². The second kappa shape index (κ2) is 7.70. The third-order valence-corrected chi connectivity index (χ3v) is 5.05. The molecule has 4 nitrogen and oxygen atoms in total. The Kier molecular flexibility index (Phi) is 5.09. The Morgan fingerprint density at radius 3 is 2.10 bits per heavy atom. The van der Waals surface area contributed by atoms with Gasteiger partial charge in [-0.2, -0.15) is 0 Å². The molecular weight excluding hydrogens is 414 g/mol. The van der Waals surface area contributed by atoms with Gasteiger partial charge in [-0.15, -0.1) is 0 Å². The lowest BCUT2D eigenvalue weighted by Gasteiger charge is -2.16. The first-order chi connectivity index (χ1) is 14.0. The van der Waals surface area contributed by atoms with Crippen molar-refractivity contribution >= 4 is 28.9 Å². The summed E-state index contributed by atoms with van der Waals surface area (Å²) >= 11 is 12.2. The molecule has 0 fully saturated rings. The number of halogens is 3. The first kappa shape index (κ1) is 19.2. The smallest absolute Gasteiger partial charge is 0.270 e. The van der Waals surface area contributed by atoms with Gasteiger partial charge in [-0.3, -0.25) is 10.1 Å². The zero-order valence-electron chi connectivity index (χ0n) is 14.9. The molecule has 7 heteroatoms. The molecule has 1 aromatic heterocycles. The Morgan fingerprint density at radius 1 is 0.828 bits per heavy atom. The number of nitrogens with zero attached hydrogens (tertiary/aromatic N) is 2. The maximum absolute atomic E-state index is 15.0. The number of hydrogen-bond donors (Lipinski definition) is 0. The van der Waals surface area contributed by atoms with Crippen LogP contribution in [0.2, 0.25) is 10.0 Å². The molecule has 4 aromatic rings. The Labute approximate surface area is 175 Å². The molecule has 0 atom stereocenters. The molecule has 0 bridgehead atoms. The van der Waals surface area contributed by atoms with Crippen LogP contribution in [0.4, 0.5) is 10.1 Å². The lowest BCUT2D eigenvalue weighted by molar-refractivity contribution is -0.384. The fourth-order valence-corrected chi connectivity index (χ4v) is 3.60. The van der Waals surface area contributed by atoms with Crippen LogP contribution < -0.4 is 0 Å². The minimum Gasteiger partial charge on any atom is -0.306 e. The van der Waals surface area contributed by atoms with Gasteiger partial charge in [0.1, 0.15) is 0 Å². The SMILES string of the molecule is O=[N+]([O-])c1cccc(-c2ccc(-c3cccc(Cl)c3)n2-c2cccc(Cl)c2F)c1. The molecule has 0 aliphatic heterocycles. The van der Waals surface area contributed by atoms with Crippen LogP contribution in [0.25, 0.3) is 28.2 Å². The fourth-order valence-electron chi connectivity index (χ4n) is 3.24. The number of aromatic nitrogens is 1. The van der Waals surface area contributed by atoms with E-state index >= 15 is 0 Å². The minimum absolute atomic E-state index is 0.0155. The summed E-state index contributed by atoms with van der Waals surface area (Å²) in [5.74, 6) is -0.583. The zero-order chi connectivity index (χ0) is 20.5. The fraction of sp³-hybridized carbons (Fsp3) is 0. The normalized spacial score (nSPS) is 10.9. The van der Waals surface area contributed by atoms with Gasteiger partial charge in [0.05, 0.1) is 27.0 Å². The van der Waals surface area contributed by atoms with E-state index in [9.17, 15) is 14.5 Å². The van der Waals surface area contributed by atoms with E-state index in [0.717, 1.165) is 5.56 Å². The Balaban J connectivity index is 2.02. The average molecular weight is 427 g/mol. The second-order valence-electron chi connectivity index (χ2n) is 6.33. The molecule has 0 N–H and O–H groups in total. The van der Waals surface area contributed by atoms with E-state index in [1.165, 1.54) is 18.2 Å². The topological polar surface area (TPSA) is 48.1 Å². The van der Waals surface area contributed by atoms with Crippen molar-refractivity contribution in [2.75, 3.05) is 0 Å². The lowest BCUT2D eigenvalue weighted by atomic mass is 10.1. The van der Waals surface area contributed by atoms with E-state index in [1.54, 1.807) is 53.1 Å². The molecule has 29 heavy (non-hydrogen) atoms. The highest BCUT2D eigenvalue weighted by atomic mass is 35.5. The standard InChI is InChI=1S/C22H13Cl2FN2O2/c23-16-6-1-4-14(12-16)19-10-11-20(15-5-2-7-17(13-15)27(28)29)26(19)21-9-3-8-18(24)22(21)25/h1-13H. The van der Waals surface area contributed by atoms with Crippen molar-refractivity contribution in [3.8, 4) is 28.2 Å². The second-order valence-corrected chi connectivity index (χ2v) is 7.17.